The zero-order valence-corrected chi connectivity index (χ0v) is 19.6. The second kappa shape index (κ2) is 9.70. The first-order chi connectivity index (χ1) is 16.4. The van der Waals surface area contributed by atoms with Crippen molar-refractivity contribution in [2.75, 3.05) is 29.9 Å². The van der Waals surface area contributed by atoms with Gasteiger partial charge in [-0.3, -0.25) is 9.59 Å². The highest BCUT2D eigenvalue weighted by molar-refractivity contribution is 6.09. The Hall–Kier alpha value is -4.26. The van der Waals surface area contributed by atoms with E-state index < -0.39 is 0 Å². The summed E-state index contributed by atoms with van der Waals surface area (Å²) in [4.78, 5) is 35.5. The van der Waals surface area contributed by atoms with E-state index in [1.165, 1.54) is 4.68 Å². The number of aryl methyl sites for hydroxylation is 1. The Balaban J connectivity index is 2.02. The molecule has 0 unspecified atom stereocenters. The highest BCUT2D eigenvalue weighted by Crippen LogP contribution is 2.29. The lowest BCUT2D eigenvalue weighted by Crippen LogP contribution is -2.38. The number of hydrogen-bond donors (Lipinski definition) is 0. The number of benzene rings is 1. The van der Waals surface area contributed by atoms with Gasteiger partial charge in [0.15, 0.2) is 11.5 Å². The molecule has 2 aromatic heterocycles. The number of aromatic nitrogens is 3. The molecule has 172 valence electrons. The van der Waals surface area contributed by atoms with E-state index in [-0.39, 0.29) is 17.2 Å². The lowest BCUT2D eigenvalue weighted by Gasteiger charge is -2.26. The average molecular weight is 454 g/mol. The predicted octanol–water partition coefficient (Wildman–Crippen LogP) is 4.18. The molecule has 0 spiro atoms. The minimum Gasteiger partial charge on any atom is -0.366 e. The van der Waals surface area contributed by atoms with Crippen LogP contribution >= 0.6 is 0 Å². The molecule has 0 bridgehead atoms. The monoisotopic (exact) mass is 453 g/mol. The molecule has 0 atom stereocenters. The molecule has 7 nitrogen and oxygen atoms in total. The summed E-state index contributed by atoms with van der Waals surface area (Å²) in [5, 5.41) is 4.58. The SMILES string of the molecule is C=C1/C=C\C=C/CN(C)c2c1c(C(=O)N(CC)c1ccccc1)nn(-c1ccc(C)cn1)c2=O. The Morgan fingerprint density at radius 2 is 1.91 bits per heavy atom. The summed E-state index contributed by atoms with van der Waals surface area (Å²) < 4.78 is 1.21. The summed E-state index contributed by atoms with van der Waals surface area (Å²) in [5.41, 5.74) is 2.80. The van der Waals surface area contributed by atoms with Crippen LogP contribution in [0.4, 0.5) is 11.4 Å². The van der Waals surface area contributed by atoms with Gasteiger partial charge in [0, 0.05) is 37.6 Å². The van der Waals surface area contributed by atoms with Crippen molar-refractivity contribution in [1.29, 1.82) is 0 Å². The molecule has 0 N–H and O–H groups in total. The van der Waals surface area contributed by atoms with Gasteiger partial charge in [0.2, 0.25) is 0 Å². The Labute approximate surface area is 199 Å². The quantitative estimate of drug-likeness (QED) is 0.593. The van der Waals surface area contributed by atoms with Crippen LogP contribution in [0.25, 0.3) is 11.4 Å². The first kappa shape index (κ1) is 22.9. The maximum Gasteiger partial charge on any atom is 0.297 e. The summed E-state index contributed by atoms with van der Waals surface area (Å²) in [6, 6.07) is 13.0. The molecule has 0 saturated heterocycles. The van der Waals surface area contributed by atoms with E-state index in [4.69, 9.17) is 0 Å². The summed E-state index contributed by atoms with van der Waals surface area (Å²) in [6.07, 6.45) is 9.14. The van der Waals surface area contributed by atoms with Crippen LogP contribution in [0, 0.1) is 6.92 Å². The predicted molar refractivity (Wildman–Crippen MR) is 137 cm³/mol. The molecule has 0 fully saturated rings. The topological polar surface area (TPSA) is 71.3 Å². The van der Waals surface area contributed by atoms with Crippen molar-refractivity contribution in [1.82, 2.24) is 14.8 Å². The van der Waals surface area contributed by atoms with Crippen LogP contribution in [-0.4, -0.2) is 40.8 Å². The number of carbonyl (C=O) groups is 1. The number of amides is 1. The normalized spacial score (nSPS) is 15.0. The molecular formula is C27H27N5O2. The van der Waals surface area contributed by atoms with Gasteiger partial charge >= 0.3 is 0 Å². The molecule has 1 aromatic carbocycles. The molecular weight excluding hydrogens is 426 g/mol. The van der Waals surface area contributed by atoms with E-state index in [0.29, 0.717) is 35.7 Å². The summed E-state index contributed by atoms with van der Waals surface area (Å²) in [5.74, 6) is 0.0288. The number of fused-ring (bicyclic) bond motifs is 1. The number of nitrogens with zero attached hydrogens (tertiary/aromatic N) is 5. The van der Waals surface area contributed by atoms with Gasteiger partial charge in [-0.05, 0) is 43.2 Å². The van der Waals surface area contributed by atoms with Gasteiger partial charge < -0.3 is 9.80 Å². The molecule has 34 heavy (non-hydrogen) atoms. The number of rotatable bonds is 4. The first-order valence-corrected chi connectivity index (χ1v) is 11.1. The zero-order valence-electron chi connectivity index (χ0n) is 19.6. The number of anilines is 2. The van der Waals surface area contributed by atoms with Crippen LogP contribution in [0.15, 0.2) is 84.3 Å². The van der Waals surface area contributed by atoms with E-state index in [9.17, 15) is 9.59 Å². The van der Waals surface area contributed by atoms with E-state index >= 15 is 0 Å². The van der Waals surface area contributed by atoms with Crippen molar-refractivity contribution in [2.45, 2.75) is 13.8 Å². The second-order valence-corrected chi connectivity index (χ2v) is 8.06. The van der Waals surface area contributed by atoms with Crippen LogP contribution in [0.1, 0.15) is 28.5 Å². The van der Waals surface area contributed by atoms with Gasteiger partial charge in [0.1, 0.15) is 5.69 Å². The number of para-hydroxylation sites is 1. The molecule has 0 aliphatic carbocycles. The summed E-state index contributed by atoms with van der Waals surface area (Å²) in [7, 11) is 1.82. The third kappa shape index (κ3) is 4.32. The van der Waals surface area contributed by atoms with Crippen molar-refractivity contribution in [3.63, 3.8) is 0 Å². The molecule has 1 amide bonds. The molecule has 7 heteroatoms. The van der Waals surface area contributed by atoms with E-state index in [1.54, 1.807) is 23.2 Å². The van der Waals surface area contributed by atoms with Crippen LogP contribution in [0.2, 0.25) is 0 Å². The molecule has 1 aliphatic heterocycles. The molecule has 3 aromatic rings. The summed E-state index contributed by atoms with van der Waals surface area (Å²) in [6.45, 7) is 8.90. The standard InChI is InChI=1S/C27H27N5O2/c1-5-31(21-13-9-6-10-14-21)26(33)24-23-20(3)12-8-7-11-17-30(4)25(23)27(34)32(29-24)22-16-15-19(2)18-28-22/h6-16,18H,3,5,17H2,1-2,4H3/b11-7-,12-8-. The average Bonchev–Trinajstić information content (AvgIpc) is 2.91. The lowest BCUT2D eigenvalue weighted by molar-refractivity contribution is 0.0981. The third-order valence-corrected chi connectivity index (χ3v) is 5.64. The van der Waals surface area contributed by atoms with Gasteiger partial charge in [0.05, 0.1) is 0 Å². The van der Waals surface area contributed by atoms with Crippen molar-refractivity contribution >= 4 is 22.9 Å². The number of allylic oxidation sites excluding steroid dienone is 4. The van der Waals surface area contributed by atoms with Crippen LogP contribution in [0.3, 0.4) is 0 Å². The Morgan fingerprint density at radius 1 is 1.15 bits per heavy atom. The van der Waals surface area contributed by atoms with Crippen LogP contribution in [-0.2, 0) is 0 Å². The fourth-order valence-corrected chi connectivity index (χ4v) is 3.89. The van der Waals surface area contributed by atoms with Crippen molar-refractivity contribution in [2.24, 2.45) is 0 Å². The molecule has 3 heterocycles. The number of hydrogen-bond acceptors (Lipinski definition) is 5. The van der Waals surface area contributed by atoms with Crippen molar-refractivity contribution in [3.8, 4) is 5.82 Å². The van der Waals surface area contributed by atoms with E-state index in [1.807, 2.05) is 80.4 Å². The van der Waals surface area contributed by atoms with Crippen molar-refractivity contribution in [3.05, 3.63) is 107 Å². The maximum absolute atomic E-state index is 14.0. The fourth-order valence-electron chi connectivity index (χ4n) is 3.89. The minimum atomic E-state index is -0.363. The van der Waals surface area contributed by atoms with Gasteiger partial charge in [-0.1, -0.05) is 55.1 Å². The molecule has 1 aliphatic rings. The van der Waals surface area contributed by atoms with Gasteiger partial charge in [-0.15, -0.1) is 0 Å². The third-order valence-electron chi connectivity index (χ3n) is 5.64. The Morgan fingerprint density at radius 3 is 2.59 bits per heavy atom. The lowest BCUT2D eigenvalue weighted by atomic mass is 10.0. The molecule has 0 radical (unpaired) electrons. The van der Waals surface area contributed by atoms with Gasteiger partial charge in [0.25, 0.3) is 11.5 Å². The van der Waals surface area contributed by atoms with Gasteiger partial charge in [-0.25, -0.2) is 4.98 Å². The van der Waals surface area contributed by atoms with E-state index in [2.05, 4.69) is 16.7 Å². The van der Waals surface area contributed by atoms with Gasteiger partial charge in [-0.2, -0.15) is 9.78 Å². The number of pyridine rings is 1. The number of likely N-dealkylation sites (N-methyl/N-ethyl adjacent to an activating group) is 1. The summed E-state index contributed by atoms with van der Waals surface area (Å²) >= 11 is 0. The smallest absolute Gasteiger partial charge is 0.297 e. The maximum atomic E-state index is 14.0. The van der Waals surface area contributed by atoms with Crippen LogP contribution < -0.4 is 15.4 Å². The van der Waals surface area contributed by atoms with E-state index in [0.717, 1.165) is 11.3 Å². The zero-order chi connectivity index (χ0) is 24.2. The number of carbonyl (C=O) groups excluding carboxylic acids is 1. The fraction of sp³-hybridized carbons (Fsp3) is 0.185. The molecule has 0 saturated carbocycles. The Bertz CT molecular complexity index is 1340. The largest absolute Gasteiger partial charge is 0.366 e. The Kier molecular flexibility index (Phi) is 6.54. The van der Waals surface area contributed by atoms with Crippen molar-refractivity contribution < 1.29 is 4.79 Å². The molecule has 4 rings (SSSR count). The second-order valence-electron chi connectivity index (χ2n) is 8.06. The highest BCUT2D eigenvalue weighted by Gasteiger charge is 2.29. The highest BCUT2D eigenvalue weighted by atomic mass is 16.2. The first-order valence-electron chi connectivity index (χ1n) is 11.1. The van der Waals surface area contributed by atoms with Crippen LogP contribution in [0.5, 0.6) is 0 Å². The minimum absolute atomic E-state index is 0.145.